The van der Waals surface area contributed by atoms with Crippen LogP contribution in [0.3, 0.4) is 0 Å². The minimum absolute atomic E-state index is 0.114. The van der Waals surface area contributed by atoms with Crippen molar-refractivity contribution >= 4 is 30.0 Å². The van der Waals surface area contributed by atoms with E-state index in [2.05, 4.69) is 9.88 Å². The number of rotatable bonds is 7. The monoisotopic (exact) mass is 477 g/mol. The van der Waals surface area contributed by atoms with Gasteiger partial charge in [-0.2, -0.15) is 0 Å². The van der Waals surface area contributed by atoms with Gasteiger partial charge in [0.25, 0.3) is 0 Å². The molecule has 1 saturated heterocycles. The molecule has 1 N–H and O–H groups in total. The first-order chi connectivity index (χ1) is 16.6. The number of allylic oxidation sites excluding steroid dienone is 1. The van der Waals surface area contributed by atoms with E-state index in [4.69, 9.17) is 9.84 Å². The Balaban J connectivity index is 1.49. The Labute approximate surface area is 205 Å². The molecular formula is C27H31N3O5. The Kier molecular flexibility index (Phi) is 8.54. The second kappa shape index (κ2) is 11.6. The summed E-state index contributed by atoms with van der Waals surface area (Å²) in [5.74, 6) is -1.15. The number of hydrogen-bond acceptors (Lipinski definition) is 6. The zero-order valence-electron chi connectivity index (χ0n) is 20.3. The molecule has 1 amide bonds. The Hall–Kier alpha value is -3.78. The molecule has 0 atom stereocenters. The van der Waals surface area contributed by atoms with Gasteiger partial charge in [0.05, 0.1) is 5.69 Å². The molecule has 1 aromatic carbocycles. The molecule has 0 spiro atoms. The lowest BCUT2D eigenvalue weighted by Gasteiger charge is -2.35. The molecule has 8 nitrogen and oxygen atoms in total. The number of ether oxygens (including phenoxy) is 1. The summed E-state index contributed by atoms with van der Waals surface area (Å²) >= 11 is 0. The van der Waals surface area contributed by atoms with Gasteiger partial charge in [-0.3, -0.25) is 14.7 Å². The van der Waals surface area contributed by atoms with Crippen LogP contribution in [0.1, 0.15) is 48.0 Å². The van der Waals surface area contributed by atoms with Gasteiger partial charge in [-0.1, -0.05) is 30.3 Å². The second-order valence-corrected chi connectivity index (χ2v) is 9.33. The van der Waals surface area contributed by atoms with Gasteiger partial charge in [-0.25, -0.2) is 9.59 Å². The molecule has 0 saturated carbocycles. The molecule has 2 aromatic rings. The fourth-order valence-corrected chi connectivity index (χ4v) is 3.49. The maximum atomic E-state index is 12.5. The molecule has 0 unspecified atom stereocenters. The number of pyridine rings is 1. The summed E-state index contributed by atoms with van der Waals surface area (Å²) in [6, 6.07) is 11.0. The van der Waals surface area contributed by atoms with Crippen LogP contribution < -0.4 is 0 Å². The zero-order valence-corrected chi connectivity index (χ0v) is 20.3. The van der Waals surface area contributed by atoms with Crippen molar-refractivity contribution in [1.82, 2.24) is 14.8 Å². The van der Waals surface area contributed by atoms with Crippen LogP contribution in [0, 0.1) is 0 Å². The zero-order chi connectivity index (χ0) is 25.4. The van der Waals surface area contributed by atoms with Crippen molar-refractivity contribution in [2.24, 2.45) is 0 Å². The molecule has 35 heavy (non-hydrogen) atoms. The number of aliphatic carboxylic acids is 1. The van der Waals surface area contributed by atoms with Crippen molar-refractivity contribution < 1.29 is 24.2 Å². The average molecular weight is 478 g/mol. The van der Waals surface area contributed by atoms with Crippen LogP contribution in [0.25, 0.3) is 12.2 Å². The van der Waals surface area contributed by atoms with Crippen LogP contribution in [0.5, 0.6) is 0 Å². The second-order valence-electron chi connectivity index (χ2n) is 9.33. The van der Waals surface area contributed by atoms with Gasteiger partial charge in [0.2, 0.25) is 0 Å². The van der Waals surface area contributed by atoms with Gasteiger partial charge >= 0.3 is 12.1 Å². The summed E-state index contributed by atoms with van der Waals surface area (Å²) in [6.07, 6.45) is 6.91. The standard InChI is InChI=1S/C27H31N3O5/c1-27(2,3)35-26(34)30-16-14-29(15-17-30)19-21-4-8-22(9-5-21)24(31)12-7-20-6-10-23(28-18-20)11-13-25(32)33/h4-13,18H,14-17,19H2,1-3H3,(H,32,33). The Morgan fingerprint density at radius 2 is 1.66 bits per heavy atom. The number of benzene rings is 1. The molecule has 1 aromatic heterocycles. The minimum Gasteiger partial charge on any atom is -0.478 e. The van der Waals surface area contributed by atoms with E-state index in [1.54, 1.807) is 29.3 Å². The largest absolute Gasteiger partial charge is 0.478 e. The first-order valence-electron chi connectivity index (χ1n) is 11.5. The van der Waals surface area contributed by atoms with Gasteiger partial charge in [0, 0.05) is 50.6 Å². The summed E-state index contributed by atoms with van der Waals surface area (Å²) in [7, 11) is 0. The molecule has 1 fully saturated rings. The molecule has 184 valence electrons. The van der Waals surface area contributed by atoms with Gasteiger partial charge in [0.15, 0.2) is 5.78 Å². The fourth-order valence-electron chi connectivity index (χ4n) is 3.49. The van der Waals surface area contributed by atoms with Crippen molar-refractivity contribution in [3.63, 3.8) is 0 Å². The number of carbonyl (C=O) groups is 3. The first kappa shape index (κ1) is 25.8. The predicted molar refractivity (Wildman–Crippen MR) is 134 cm³/mol. The number of hydrogen-bond donors (Lipinski definition) is 1. The predicted octanol–water partition coefficient (Wildman–Crippen LogP) is 4.13. The van der Waals surface area contributed by atoms with E-state index in [1.165, 1.54) is 12.2 Å². The lowest BCUT2D eigenvalue weighted by molar-refractivity contribution is -0.131. The molecule has 8 heteroatoms. The molecule has 0 bridgehead atoms. The number of carboxylic acids is 1. The number of carbonyl (C=O) groups excluding carboxylic acids is 2. The van der Waals surface area contributed by atoms with E-state index < -0.39 is 11.6 Å². The van der Waals surface area contributed by atoms with Crippen LogP contribution in [-0.2, 0) is 16.1 Å². The average Bonchev–Trinajstić information content (AvgIpc) is 2.81. The summed E-state index contributed by atoms with van der Waals surface area (Å²) in [5, 5.41) is 8.66. The van der Waals surface area contributed by atoms with Crippen molar-refractivity contribution in [2.45, 2.75) is 32.9 Å². The minimum atomic E-state index is -1.03. The van der Waals surface area contributed by atoms with Crippen LogP contribution in [0.4, 0.5) is 4.79 Å². The number of amides is 1. The van der Waals surface area contributed by atoms with Crippen LogP contribution in [0.15, 0.2) is 54.7 Å². The molecule has 1 aliphatic rings. The normalized spacial score (nSPS) is 15.0. The van der Waals surface area contributed by atoms with Gasteiger partial charge in [-0.15, -0.1) is 0 Å². The number of ketones is 1. The Bertz CT molecular complexity index is 1090. The summed E-state index contributed by atoms with van der Waals surface area (Å²) in [5.41, 5.74) is 2.47. The summed E-state index contributed by atoms with van der Waals surface area (Å²) < 4.78 is 5.44. The molecule has 0 aliphatic carbocycles. The lowest BCUT2D eigenvalue weighted by Crippen LogP contribution is -2.49. The highest BCUT2D eigenvalue weighted by Gasteiger charge is 2.25. The molecule has 2 heterocycles. The van der Waals surface area contributed by atoms with Crippen molar-refractivity contribution in [2.75, 3.05) is 26.2 Å². The van der Waals surface area contributed by atoms with E-state index in [1.807, 2.05) is 45.0 Å². The summed E-state index contributed by atoms with van der Waals surface area (Å²) in [4.78, 5) is 43.5. The molecule has 1 aliphatic heterocycles. The summed E-state index contributed by atoms with van der Waals surface area (Å²) in [6.45, 7) is 9.13. The van der Waals surface area contributed by atoms with Gasteiger partial charge in [-0.05, 0) is 56.2 Å². The van der Waals surface area contributed by atoms with Crippen LogP contribution in [0.2, 0.25) is 0 Å². The molecule has 0 radical (unpaired) electrons. The highest BCUT2D eigenvalue weighted by Crippen LogP contribution is 2.15. The lowest BCUT2D eigenvalue weighted by atomic mass is 10.1. The van der Waals surface area contributed by atoms with Crippen molar-refractivity contribution in [3.8, 4) is 0 Å². The van der Waals surface area contributed by atoms with Crippen molar-refractivity contribution in [3.05, 3.63) is 77.1 Å². The van der Waals surface area contributed by atoms with E-state index in [-0.39, 0.29) is 11.9 Å². The maximum Gasteiger partial charge on any atom is 0.410 e. The topological polar surface area (TPSA) is 100 Å². The third kappa shape index (κ3) is 8.50. The van der Waals surface area contributed by atoms with Gasteiger partial charge < -0.3 is 14.7 Å². The third-order valence-electron chi connectivity index (χ3n) is 5.30. The highest BCUT2D eigenvalue weighted by atomic mass is 16.6. The van der Waals surface area contributed by atoms with E-state index >= 15 is 0 Å². The number of piperazine rings is 1. The van der Waals surface area contributed by atoms with E-state index in [0.717, 1.165) is 36.8 Å². The highest BCUT2D eigenvalue weighted by molar-refractivity contribution is 6.06. The number of aromatic nitrogens is 1. The number of carboxylic acid groups (broad SMARTS) is 1. The van der Waals surface area contributed by atoms with Gasteiger partial charge in [0.1, 0.15) is 5.60 Å². The third-order valence-corrected chi connectivity index (χ3v) is 5.30. The quantitative estimate of drug-likeness (QED) is 0.473. The maximum absolute atomic E-state index is 12.5. The Morgan fingerprint density at radius 3 is 2.23 bits per heavy atom. The first-order valence-corrected chi connectivity index (χ1v) is 11.5. The Morgan fingerprint density at radius 1 is 0.971 bits per heavy atom. The fraction of sp³-hybridized carbons (Fsp3) is 0.333. The van der Waals surface area contributed by atoms with Crippen molar-refractivity contribution in [1.29, 1.82) is 0 Å². The van der Waals surface area contributed by atoms with Crippen LogP contribution >= 0.6 is 0 Å². The molecule has 3 rings (SSSR count). The van der Waals surface area contributed by atoms with Crippen LogP contribution in [-0.4, -0.2) is 69.5 Å². The number of nitrogens with zero attached hydrogens (tertiary/aromatic N) is 3. The molecular weight excluding hydrogens is 446 g/mol. The van der Waals surface area contributed by atoms with E-state index in [0.29, 0.717) is 24.3 Å². The van der Waals surface area contributed by atoms with E-state index in [9.17, 15) is 14.4 Å². The SMILES string of the molecule is CC(C)(C)OC(=O)N1CCN(Cc2ccc(C(=O)C=Cc3ccc(C=CC(=O)O)nc3)cc2)CC1. The smallest absolute Gasteiger partial charge is 0.410 e.